The molecule has 2 aliphatic rings. The van der Waals surface area contributed by atoms with E-state index in [2.05, 4.69) is 10.9 Å². The molecular weight excluding hydrogens is 426 g/mol. The molecule has 0 aromatic heterocycles. The highest BCUT2D eigenvalue weighted by atomic mass is 16.5. The van der Waals surface area contributed by atoms with E-state index >= 15 is 0 Å². The summed E-state index contributed by atoms with van der Waals surface area (Å²) in [4.78, 5) is 15.0. The van der Waals surface area contributed by atoms with Gasteiger partial charge in [-0.25, -0.2) is 10.9 Å². The number of aliphatic hydroxyl groups is 1. The fourth-order valence-corrected chi connectivity index (χ4v) is 5.23. The number of methoxy groups -OCH3 is 3. The van der Waals surface area contributed by atoms with Gasteiger partial charge >= 0.3 is 0 Å². The maximum absolute atomic E-state index is 13.4. The van der Waals surface area contributed by atoms with Gasteiger partial charge in [-0.2, -0.15) is 0 Å². The number of ether oxygens (including phenoxy) is 3. The fraction of sp³-hybridized carbons (Fsp3) is 0.458. The van der Waals surface area contributed by atoms with Crippen LogP contribution in [0.25, 0.3) is 0 Å². The van der Waals surface area contributed by atoms with Crippen LogP contribution in [0.5, 0.6) is 23.0 Å². The molecule has 2 saturated heterocycles. The first-order valence-corrected chi connectivity index (χ1v) is 10.9. The lowest BCUT2D eigenvalue weighted by molar-refractivity contribution is -0.131. The number of aliphatic hydroxyl groups excluding tert-OH is 1. The third-order valence-corrected chi connectivity index (χ3v) is 6.59. The Bertz CT molecular complexity index is 1030. The summed E-state index contributed by atoms with van der Waals surface area (Å²) in [6, 6.07) is 6.26. The van der Waals surface area contributed by atoms with E-state index in [4.69, 9.17) is 14.2 Å². The minimum Gasteiger partial charge on any atom is -0.507 e. The van der Waals surface area contributed by atoms with E-state index in [1.54, 1.807) is 19.1 Å². The van der Waals surface area contributed by atoms with Crippen LogP contribution in [0.2, 0.25) is 0 Å². The van der Waals surface area contributed by atoms with Crippen molar-refractivity contribution < 1.29 is 29.2 Å². The molecule has 0 bridgehead atoms. The average Bonchev–Trinajstić information content (AvgIpc) is 3.34. The number of benzene rings is 2. The van der Waals surface area contributed by atoms with E-state index in [0.717, 1.165) is 22.3 Å². The van der Waals surface area contributed by atoms with Crippen molar-refractivity contribution in [3.05, 3.63) is 46.5 Å². The standard InChI is InChI=1S/C24H31N3O6/c1-12-8-13(2)22(29)15(9-12)19-18-20(26-25-19)24(30)27(6-7-28)21(18)14-10-16(31-3)23(33-5)17(11-14)32-4/h8-11,18-21,25-26,28-29H,6-7H2,1-5H3. The average molecular weight is 458 g/mol. The van der Waals surface area contributed by atoms with Crippen molar-refractivity contribution in [3.63, 3.8) is 0 Å². The molecular formula is C24H31N3O6. The molecule has 33 heavy (non-hydrogen) atoms. The number of likely N-dealkylation sites (tertiary alicyclic amines) is 1. The molecule has 2 aromatic carbocycles. The number of nitrogens with one attached hydrogen (secondary N) is 2. The van der Waals surface area contributed by atoms with E-state index in [0.29, 0.717) is 17.2 Å². The summed E-state index contributed by atoms with van der Waals surface area (Å²) in [6.45, 7) is 3.85. The number of aromatic hydroxyl groups is 1. The maximum atomic E-state index is 13.4. The molecule has 0 aliphatic carbocycles. The topological polar surface area (TPSA) is 113 Å². The molecule has 4 unspecified atom stereocenters. The first kappa shape index (κ1) is 23.2. The Morgan fingerprint density at radius 1 is 0.970 bits per heavy atom. The van der Waals surface area contributed by atoms with Gasteiger partial charge in [-0.05, 0) is 37.1 Å². The normalized spacial score (nSPS) is 24.2. The van der Waals surface area contributed by atoms with Gasteiger partial charge in [-0.3, -0.25) is 4.79 Å². The van der Waals surface area contributed by atoms with Crippen LogP contribution in [0.4, 0.5) is 0 Å². The summed E-state index contributed by atoms with van der Waals surface area (Å²) >= 11 is 0. The number of phenolic OH excluding ortho intramolecular Hbond substituents is 1. The third-order valence-electron chi connectivity index (χ3n) is 6.59. The number of carbonyl (C=O) groups excluding carboxylic acids is 1. The van der Waals surface area contributed by atoms with Crippen molar-refractivity contribution in [2.24, 2.45) is 5.92 Å². The second-order valence-corrected chi connectivity index (χ2v) is 8.50. The molecule has 4 rings (SSSR count). The highest BCUT2D eigenvalue weighted by molar-refractivity contribution is 5.86. The largest absolute Gasteiger partial charge is 0.507 e. The number of aryl methyl sites for hydroxylation is 2. The molecule has 2 aliphatic heterocycles. The second kappa shape index (κ2) is 9.09. The lowest BCUT2D eigenvalue weighted by Crippen LogP contribution is -2.42. The molecule has 9 nitrogen and oxygen atoms in total. The minimum atomic E-state index is -0.522. The molecule has 4 atom stereocenters. The zero-order chi connectivity index (χ0) is 23.9. The number of phenols is 1. The number of carbonyl (C=O) groups is 1. The van der Waals surface area contributed by atoms with Gasteiger partial charge < -0.3 is 29.3 Å². The Labute approximate surface area is 193 Å². The van der Waals surface area contributed by atoms with Crippen molar-refractivity contribution in [2.75, 3.05) is 34.5 Å². The molecule has 0 saturated carbocycles. The Morgan fingerprint density at radius 3 is 2.18 bits per heavy atom. The molecule has 0 spiro atoms. The predicted octanol–water partition coefficient (Wildman–Crippen LogP) is 1.74. The Hall–Kier alpha value is -3.01. The quantitative estimate of drug-likeness (QED) is 0.498. The number of β-amino-alcohol motifs (C(OH)–C–C–N with tert-alkyl or cyclic N) is 1. The number of fused-ring (bicyclic) bond motifs is 1. The van der Waals surface area contributed by atoms with Crippen molar-refractivity contribution in [3.8, 4) is 23.0 Å². The Balaban J connectivity index is 1.87. The Kier molecular flexibility index (Phi) is 6.38. The number of hydrogen-bond donors (Lipinski definition) is 4. The summed E-state index contributed by atoms with van der Waals surface area (Å²) in [5.74, 6) is 1.25. The Morgan fingerprint density at radius 2 is 1.61 bits per heavy atom. The van der Waals surface area contributed by atoms with Crippen LogP contribution in [0.15, 0.2) is 24.3 Å². The van der Waals surface area contributed by atoms with Crippen LogP contribution < -0.4 is 25.1 Å². The van der Waals surface area contributed by atoms with Gasteiger partial charge in [0, 0.05) is 18.0 Å². The van der Waals surface area contributed by atoms with Crippen LogP contribution in [-0.2, 0) is 4.79 Å². The first-order valence-electron chi connectivity index (χ1n) is 10.9. The summed E-state index contributed by atoms with van der Waals surface area (Å²) < 4.78 is 16.6. The summed E-state index contributed by atoms with van der Waals surface area (Å²) in [5.41, 5.74) is 9.67. The van der Waals surface area contributed by atoms with Crippen molar-refractivity contribution in [2.45, 2.75) is 32.0 Å². The molecule has 1 amide bonds. The lowest BCUT2D eigenvalue weighted by Gasteiger charge is -2.32. The molecule has 2 fully saturated rings. The highest BCUT2D eigenvalue weighted by Gasteiger charge is 2.56. The van der Waals surface area contributed by atoms with Crippen LogP contribution in [-0.4, -0.2) is 61.5 Å². The monoisotopic (exact) mass is 457 g/mol. The van der Waals surface area contributed by atoms with Crippen molar-refractivity contribution in [1.82, 2.24) is 15.8 Å². The minimum absolute atomic E-state index is 0.119. The van der Waals surface area contributed by atoms with Crippen LogP contribution in [0.3, 0.4) is 0 Å². The van der Waals surface area contributed by atoms with Gasteiger partial charge in [0.1, 0.15) is 11.8 Å². The number of hydrogen-bond acceptors (Lipinski definition) is 8. The van der Waals surface area contributed by atoms with E-state index in [9.17, 15) is 15.0 Å². The van der Waals surface area contributed by atoms with E-state index in [1.807, 2.05) is 38.1 Å². The first-order chi connectivity index (χ1) is 15.9. The smallest absolute Gasteiger partial charge is 0.242 e. The lowest BCUT2D eigenvalue weighted by atomic mass is 9.82. The van der Waals surface area contributed by atoms with Gasteiger partial charge in [0.25, 0.3) is 0 Å². The zero-order valence-electron chi connectivity index (χ0n) is 19.5. The van der Waals surface area contributed by atoms with Gasteiger partial charge in [0.05, 0.1) is 40.0 Å². The molecule has 178 valence electrons. The summed E-state index contributed by atoms with van der Waals surface area (Å²) in [6.07, 6.45) is 0. The number of amides is 1. The number of hydrazine groups is 1. The second-order valence-electron chi connectivity index (χ2n) is 8.50. The van der Waals surface area contributed by atoms with E-state index < -0.39 is 12.1 Å². The van der Waals surface area contributed by atoms with Gasteiger partial charge in [0.15, 0.2) is 11.5 Å². The van der Waals surface area contributed by atoms with Crippen LogP contribution >= 0.6 is 0 Å². The SMILES string of the molecule is COc1cc(C2C3C(NNC3c3cc(C)cc(C)c3O)C(=O)N2CCO)cc(OC)c1OC. The van der Waals surface area contributed by atoms with Crippen LogP contribution in [0.1, 0.15) is 34.3 Å². The van der Waals surface area contributed by atoms with Gasteiger partial charge in [-0.1, -0.05) is 17.7 Å². The zero-order valence-corrected chi connectivity index (χ0v) is 19.5. The highest BCUT2D eigenvalue weighted by Crippen LogP contribution is 2.51. The molecule has 0 radical (unpaired) electrons. The predicted molar refractivity (Wildman–Crippen MR) is 122 cm³/mol. The van der Waals surface area contributed by atoms with Gasteiger partial charge in [-0.15, -0.1) is 0 Å². The van der Waals surface area contributed by atoms with Crippen molar-refractivity contribution in [1.29, 1.82) is 0 Å². The molecule has 2 aromatic rings. The number of rotatable bonds is 7. The van der Waals surface area contributed by atoms with E-state index in [-0.39, 0.29) is 36.8 Å². The summed E-state index contributed by atoms with van der Waals surface area (Å²) in [7, 11) is 4.63. The van der Waals surface area contributed by atoms with Gasteiger partial charge in [0.2, 0.25) is 11.7 Å². The third kappa shape index (κ3) is 3.76. The molecule has 2 heterocycles. The molecule has 9 heteroatoms. The van der Waals surface area contributed by atoms with Crippen LogP contribution in [0, 0.1) is 19.8 Å². The van der Waals surface area contributed by atoms with Crippen molar-refractivity contribution >= 4 is 5.91 Å². The molecule has 4 N–H and O–H groups in total. The van der Waals surface area contributed by atoms with E-state index in [1.165, 1.54) is 7.11 Å². The summed E-state index contributed by atoms with van der Waals surface area (Å²) in [5, 5.41) is 20.6. The fourth-order valence-electron chi connectivity index (χ4n) is 5.23. The maximum Gasteiger partial charge on any atom is 0.242 e. The number of nitrogens with zero attached hydrogens (tertiary/aromatic N) is 1.